The molecule has 9 nitrogen and oxygen atoms in total. The van der Waals surface area contributed by atoms with Crippen LogP contribution in [0.4, 0.5) is 0 Å². The molecule has 59 heavy (non-hydrogen) atoms. The van der Waals surface area contributed by atoms with E-state index in [4.69, 9.17) is 9.47 Å². The summed E-state index contributed by atoms with van der Waals surface area (Å²) in [7, 11) is -4.79. The molecule has 10 heteroatoms. The summed E-state index contributed by atoms with van der Waals surface area (Å²) in [5, 5.41) is 12.0. The van der Waals surface area contributed by atoms with E-state index in [0.29, 0.717) is 41.8 Å². The van der Waals surface area contributed by atoms with Crippen molar-refractivity contribution in [2.45, 2.75) is 51.7 Å². The summed E-state index contributed by atoms with van der Waals surface area (Å²) in [6.07, 6.45) is 2.45. The van der Waals surface area contributed by atoms with Crippen molar-refractivity contribution in [3.8, 4) is 16.9 Å². The highest BCUT2D eigenvalue weighted by Gasteiger charge is 2.37. The van der Waals surface area contributed by atoms with Crippen molar-refractivity contribution in [2.24, 2.45) is 0 Å². The quantitative estimate of drug-likeness (QED) is 0.0470. The van der Waals surface area contributed by atoms with E-state index in [2.05, 4.69) is 6.58 Å². The number of hydrogen-bond donors (Lipinski definition) is 1. The molecule has 1 N–H and O–H groups in total. The number of ether oxygens (including phenoxy) is 2. The van der Waals surface area contributed by atoms with Crippen LogP contribution in [-0.4, -0.2) is 24.9 Å². The van der Waals surface area contributed by atoms with Gasteiger partial charge in [-0.25, -0.2) is 4.79 Å². The normalized spacial score (nSPS) is 12.0. The molecule has 0 aliphatic carbocycles. The van der Waals surface area contributed by atoms with Crippen molar-refractivity contribution in [3.05, 3.63) is 185 Å². The number of aromatic nitrogens is 1. The molecule has 0 bridgehead atoms. The van der Waals surface area contributed by atoms with E-state index in [1.54, 1.807) is 60.7 Å². The van der Waals surface area contributed by atoms with Crippen LogP contribution in [0, 0.1) is 13.8 Å². The molecular formula is C49H43NO8S. The largest absolute Gasteiger partial charge is 0.545 e. The van der Waals surface area contributed by atoms with Gasteiger partial charge in [0.05, 0.1) is 22.3 Å². The first kappa shape index (κ1) is 40.6. The van der Waals surface area contributed by atoms with Crippen LogP contribution in [0.25, 0.3) is 39.0 Å². The van der Waals surface area contributed by atoms with Crippen LogP contribution >= 0.6 is 0 Å². The lowest BCUT2D eigenvalue weighted by Gasteiger charge is -2.20. The first-order valence-corrected chi connectivity index (χ1v) is 20.7. The minimum Gasteiger partial charge on any atom is -0.545 e. The third kappa shape index (κ3) is 9.09. The van der Waals surface area contributed by atoms with Crippen LogP contribution in [0.3, 0.4) is 0 Å². The molecule has 298 valence electrons. The van der Waals surface area contributed by atoms with Gasteiger partial charge in [0.15, 0.2) is 0 Å². The first-order valence-electron chi connectivity index (χ1n) is 19.2. The van der Waals surface area contributed by atoms with Crippen molar-refractivity contribution in [1.29, 1.82) is 0 Å². The maximum atomic E-state index is 13.5. The Morgan fingerprint density at radius 1 is 0.763 bits per heavy atom. The predicted molar refractivity (Wildman–Crippen MR) is 227 cm³/mol. The highest BCUT2D eigenvalue weighted by atomic mass is 32.2. The summed E-state index contributed by atoms with van der Waals surface area (Å²) < 4.78 is 51.2. The van der Waals surface area contributed by atoms with E-state index in [1.165, 1.54) is 4.57 Å². The van der Waals surface area contributed by atoms with Crippen LogP contribution in [0.2, 0.25) is 0 Å². The van der Waals surface area contributed by atoms with Gasteiger partial charge in [-0.1, -0.05) is 97.6 Å². The zero-order chi connectivity index (χ0) is 41.7. The highest BCUT2D eigenvalue weighted by molar-refractivity contribution is 7.85. The first-order chi connectivity index (χ1) is 28.4. The lowest BCUT2D eigenvalue weighted by Crippen LogP contribution is -2.46. The Labute approximate surface area is 343 Å². The summed E-state index contributed by atoms with van der Waals surface area (Å²) in [6.45, 7) is 8.20. The smallest absolute Gasteiger partial charge is 0.338 e. The Hall–Kier alpha value is -6.62. The zero-order valence-corrected chi connectivity index (χ0v) is 33.6. The Morgan fingerprint density at radius 2 is 1.42 bits per heavy atom. The molecule has 0 saturated heterocycles. The van der Waals surface area contributed by atoms with Crippen molar-refractivity contribution in [2.75, 3.05) is 0 Å². The van der Waals surface area contributed by atoms with Gasteiger partial charge in [-0.3, -0.25) is 4.55 Å². The number of nitrogens with zero attached hydrogens (tertiary/aromatic N) is 1. The van der Waals surface area contributed by atoms with E-state index in [0.717, 1.165) is 38.9 Å². The average molecular weight is 806 g/mol. The van der Waals surface area contributed by atoms with Crippen LogP contribution in [-0.2, 0) is 34.5 Å². The SMILES string of the molecule is C=Cc1ccc(OCc2ccccc2)cc1-c1cc2c(cc1C)c(C(=O)[O-])c1ccc(C)cc1[n+]2C(CCCc1ccc(C(=O)OCc2ccccc2)cc1)S(=O)(=O)O. The van der Waals surface area contributed by atoms with E-state index in [9.17, 15) is 27.7 Å². The molecule has 1 atom stereocenters. The third-order valence-electron chi connectivity index (χ3n) is 10.5. The number of carboxylic acids is 1. The van der Waals surface area contributed by atoms with Crippen molar-refractivity contribution < 1.29 is 41.7 Å². The fourth-order valence-corrected chi connectivity index (χ4v) is 8.49. The molecule has 7 rings (SSSR count). The molecular weight excluding hydrogens is 763 g/mol. The van der Waals surface area contributed by atoms with Gasteiger partial charge < -0.3 is 19.4 Å². The summed E-state index contributed by atoms with van der Waals surface area (Å²) >= 11 is 0. The molecule has 0 aliphatic heterocycles. The molecule has 0 saturated carbocycles. The van der Waals surface area contributed by atoms with E-state index in [-0.39, 0.29) is 34.9 Å². The van der Waals surface area contributed by atoms with Crippen molar-refractivity contribution in [1.82, 2.24) is 0 Å². The maximum absolute atomic E-state index is 13.5. The van der Waals surface area contributed by atoms with Crippen LogP contribution in [0.15, 0.2) is 140 Å². The predicted octanol–water partition coefficient (Wildman–Crippen LogP) is 8.92. The number of pyridine rings is 1. The Kier molecular flexibility index (Phi) is 12.0. The molecule has 0 fully saturated rings. The zero-order valence-electron chi connectivity index (χ0n) is 32.8. The number of aromatic carboxylic acids is 1. The highest BCUT2D eigenvalue weighted by Crippen LogP contribution is 2.37. The standard InChI is InChI=1S/C49H43NO8S/c1-4-37-23-24-39(57-30-35-12-7-5-8-13-35)28-42(37)41-29-45-43(27-33(41)3)47(48(51)52)40-25-18-32(2)26-44(40)50(45)46(59(54,55)56)17-11-16-34-19-21-38(22-20-34)49(53)58-31-36-14-9-6-10-15-36/h4-10,12-15,18-29,46H,1,11,16-17,30-31H2,2-3H3,(H-,51,52,54,55,56). The summed E-state index contributed by atoms with van der Waals surface area (Å²) in [5.74, 6) is -1.28. The van der Waals surface area contributed by atoms with Crippen LogP contribution in [0.5, 0.6) is 5.75 Å². The number of aryl methyl sites for hydroxylation is 3. The van der Waals surface area contributed by atoms with Gasteiger partial charge in [0.25, 0.3) is 5.37 Å². The molecule has 1 aromatic heterocycles. The molecule has 0 aliphatic rings. The van der Waals surface area contributed by atoms with Crippen LogP contribution < -0.4 is 14.4 Å². The van der Waals surface area contributed by atoms with E-state index in [1.807, 2.05) is 92.7 Å². The summed E-state index contributed by atoms with van der Waals surface area (Å²) in [6, 6.07) is 40.3. The van der Waals surface area contributed by atoms with Gasteiger partial charge in [0.1, 0.15) is 19.0 Å². The molecule has 0 spiro atoms. The van der Waals surface area contributed by atoms with Crippen molar-refractivity contribution >= 4 is 49.9 Å². The topological polar surface area (TPSA) is 134 Å². The third-order valence-corrected chi connectivity index (χ3v) is 11.6. The molecule has 0 amide bonds. The van der Waals surface area contributed by atoms with E-state index >= 15 is 0 Å². The molecule has 0 radical (unpaired) electrons. The molecule has 1 unspecified atom stereocenters. The molecule has 7 aromatic rings. The Bertz CT molecular complexity index is 2800. The van der Waals surface area contributed by atoms with Crippen LogP contribution in [0.1, 0.15) is 72.3 Å². The summed E-state index contributed by atoms with van der Waals surface area (Å²) in [4.78, 5) is 25.6. The van der Waals surface area contributed by atoms with Gasteiger partial charge in [-0.2, -0.15) is 13.0 Å². The van der Waals surface area contributed by atoms with Gasteiger partial charge in [-0.15, -0.1) is 0 Å². The lowest BCUT2D eigenvalue weighted by atomic mass is 9.91. The number of fused-ring (bicyclic) bond motifs is 2. The average Bonchev–Trinajstić information content (AvgIpc) is 3.23. The monoisotopic (exact) mass is 805 g/mol. The summed E-state index contributed by atoms with van der Waals surface area (Å²) in [5.41, 5.74) is 7.33. The molecule has 1 heterocycles. The fraction of sp³-hybridized carbons (Fsp3) is 0.163. The second-order valence-corrected chi connectivity index (χ2v) is 16.2. The second kappa shape index (κ2) is 17.5. The Morgan fingerprint density at radius 3 is 2.07 bits per heavy atom. The van der Waals surface area contributed by atoms with Gasteiger partial charge >= 0.3 is 16.1 Å². The maximum Gasteiger partial charge on any atom is 0.338 e. The number of carboxylic acid groups (broad SMARTS) is 1. The number of benzene rings is 6. The minimum absolute atomic E-state index is 0.0168. The number of rotatable bonds is 15. The van der Waals surface area contributed by atoms with E-state index < -0.39 is 27.4 Å². The Balaban J connectivity index is 1.27. The number of esters is 1. The van der Waals surface area contributed by atoms with Gasteiger partial charge in [0, 0.05) is 24.1 Å². The second-order valence-electron chi connectivity index (χ2n) is 14.6. The molecule has 6 aromatic carbocycles. The number of carbonyl (C=O) groups is 2. The number of carbonyl (C=O) groups excluding carboxylic acids is 2. The number of hydrogen-bond acceptors (Lipinski definition) is 7. The fourth-order valence-electron chi connectivity index (χ4n) is 7.53. The van der Waals surface area contributed by atoms with Crippen molar-refractivity contribution in [3.63, 3.8) is 0 Å². The minimum atomic E-state index is -4.79. The van der Waals surface area contributed by atoms with Gasteiger partial charge in [0.2, 0.25) is 11.0 Å². The van der Waals surface area contributed by atoms with Gasteiger partial charge in [-0.05, 0) is 108 Å². The lowest BCUT2D eigenvalue weighted by molar-refractivity contribution is -0.652.